The molecule has 3 atom stereocenters. The number of hydrogen-bond acceptors (Lipinski definition) is 8. The first-order chi connectivity index (χ1) is 22.9. The summed E-state index contributed by atoms with van der Waals surface area (Å²) in [6.45, 7) is -0.00197. The normalized spacial score (nSPS) is 17.6. The Morgan fingerprint density at radius 2 is 1.40 bits per heavy atom. The summed E-state index contributed by atoms with van der Waals surface area (Å²) in [5.41, 5.74) is 1.27. The number of nitrogens with one attached hydrogen (secondary N) is 1. The Morgan fingerprint density at radius 1 is 0.851 bits per heavy atom. The molecular formula is C37H35N3O7. The van der Waals surface area contributed by atoms with Crippen molar-refractivity contribution in [3.63, 3.8) is 0 Å². The molecule has 1 aliphatic heterocycles. The molecule has 4 aromatic carbocycles. The molecule has 5 aromatic rings. The van der Waals surface area contributed by atoms with E-state index in [1.807, 2.05) is 84.9 Å². The van der Waals surface area contributed by atoms with E-state index in [1.165, 1.54) is 16.8 Å². The summed E-state index contributed by atoms with van der Waals surface area (Å²) in [4.78, 5) is 29.6. The van der Waals surface area contributed by atoms with Crippen molar-refractivity contribution in [3.8, 4) is 11.5 Å². The number of hydrogen-bond donors (Lipinski definition) is 2. The van der Waals surface area contributed by atoms with Crippen molar-refractivity contribution >= 4 is 11.7 Å². The minimum absolute atomic E-state index is 0.00197. The third-order valence-electron chi connectivity index (χ3n) is 8.26. The lowest BCUT2D eigenvalue weighted by Crippen LogP contribution is -2.38. The van der Waals surface area contributed by atoms with Gasteiger partial charge in [-0.15, -0.1) is 0 Å². The first kappa shape index (κ1) is 31.7. The molecule has 0 saturated carbocycles. The number of nitrogens with zero attached hydrogens (tertiary/aromatic N) is 2. The van der Waals surface area contributed by atoms with Gasteiger partial charge in [-0.1, -0.05) is 72.8 Å². The van der Waals surface area contributed by atoms with Crippen LogP contribution in [0, 0.1) is 0 Å². The molecule has 1 fully saturated rings. The van der Waals surface area contributed by atoms with Crippen LogP contribution in [-0.4, -0.2) is 53.6 Å². The molecule has 0 radical (unpaired) electrons. The van der Waals surface area contributed by atoms with Gasteiger partial charge in [-0.05, 0) is 59.2 Å². The summed E-state index contributed by atoms with van der Waals surface area (Å²) in [6, 6.07) is 35.3. The highest BCUT2D eigenvalue weighted by Crippen LogP contribution is 2.42. The Bertz CT molecular complexity index is 1800. The molecule has 1 amide bonds. The van der Waals surface area contributed by atoms with E-state index >= 15 is 0 Å². The first-order valence-corrected chi connectivity index (χ1v) is 15.2. The van der Waals surface area contributed by atoms with Gasteiger partial charge in [0.15, 0.2) is 0 Å². The average Bonchev–Trinajstić information content (AvgIpc) is 3.49. The van der Waals surface area contributed by atoms with Gasteiger partial charge in [0.05, 0.1) is 26.9 Å². The van der Waals surface area contributed by atoms with Gasteiger partial charge in [-0.3, -0.25) is 9.36 Å². The number of rotatable bonds is 11. The maximum absolute atomic E-state index is 13.0. The van der Waals surface area contributed by atoms with Crippen LogP contribution in [0.25, 0.3) is 0 Å². The molecule has 1 saturated heterocycles. The van der Waals surface area contributed by atoms with Crippen LogP contribution in [0.1, 0.15) is 39.7 Å². The molecule has 47 heavy (non-hydrogen) atoms. The van der Waals surface area contributed by atoms with E-state index in [0.717, 1.165) is 16.7 Å². The summed E-state index contributed by atoms with van der Waals surface area (Å²) < 4.78 is 25.3. The van der Waals surface area contributed by atoms with Crippen LogP contribution in [0.15, 0.2) is 126 Å². The minimum Gasteiger partial charge on any atom is -0.497 e. The molecule has 10 nitrogen and oxygen atoms in total. The second-order valence-corrected chi connectivity index (χ2v) is 11.1. The van der Waals surface area contributed by atoms with Crippen LogP contribution in [-0.2, 0) is 15.1 Å². The third kappa shape index (κ3) is 6.66. The highest BCUT2D eigenvalue weighted by Gasteiger charge is 2.42. The Balaban J connectivity index is 1.26. The quantitative estimate of drug-likeness (QED) is 0.191. The van der Waals surface area contributed by atoms with Gasteiger partial charge < -0.3 is 29.4 Å². The SMILES string of the molecule is COc1ccc(C(OC[C@@H]2O[C@@H](n3ccc(NC(=O)c4ccccc4)nc3=O)C[C@H]2O)(c2ccccc2)c2ccc(OC)cc2)cc1. The molecule has 0 bridgehead atoms. The van der Waals surface area contributed by atoms with E-state index in [-0.39, 0.29) is 24.8 Å². The average molecular weight is 634 g/mol. The summed E-state index contributed by atoms with van der Waals surface area (Å²) in [5.74, 6) is 1.14. The summed E-state index contributed by atoms with van der Waals surface area (Å²) in [5, 5.41) is 13.8. The first-order valence-electron chi connectivity index (χ1n) is 15.2. The zero-order chi connectivity index (χ0) is 32.8. The minimum atomic E-state index is -1.10. The van der Waals surface area contributed by atoms with Crippen molar-refractivity contribution in [3.05, 3.63) is 154 Å². The highest BCUT2D eigenvalue weighted by atomic mass is 16.6. The van der Waals surface area contributed by atoms with E-state index < -0.39 is 29.7 Å². The maximum atomic E-state index is 13.0. The fourth-order valence-corrected chi connectivity index (χ4v) is 5.80. The van der Waals surface area contributed by atoms with Crippen molar-refractivity contribution in [2.75, 3.05) is 26.1 Å². The lowest BCUT2D eigenvalue weighted by Gasteiger charge is -2.37. The molecule has 6 rings (SSSR count). The Kier molecular flexibility index (Phi) is 9.44. The van der Waals surface area contributed by atoms with Crippen LogP contribution in [0.2, 0.25) is 0 Å². The van der Waals surface area contributed by atoms with Crippen LogP contribution >= 0.6 is 0 Å². The molecule has 10 heteroatoms. The molecule has 1 aromatic heterocycles. The number of methoxy groups -OCH3 is 2. The number of ether oxygens (including phenoxy) is 4. The lowest BCUT2D eigenvalue weighted by atomic mass is 9.80. The zero-order valence-corrected chi connectivity index (χ0v) is 26.0. The predicted molar refractivity (Wildman–Crippen MR) is 176 cm³/mol. The molecule has 0 spiro atoms. The van der Waals surface area contributed by atoms with E-state index in [4.69, 9.17) is 18.9 Å². The number of aliphatic hydroxyl groups is 1. The standard InChI is InChI=1S/C37H35N3O7/c1-44-29-17-13-27(14-18-29)37(26-11-7-4-8-12-26,28-15-19-30(45-2)20-16-28)46-24-32-31(41)23-34(47-32)40-22-21-33(39-36(40)43)38-35(42)25-9-5-3-6-10-25/h3-22,31-32,34,41H,23-24H2,1-2H3,(H,38,39,42,43)/t31-,32+,34-/m1/s1. The van der Waals surface area contributed by atoms with Gasteiger partial charge in [-0.25, -0.2) is 4.79 Å². The number of carbonyl (C=O) groups excluding carboxylic acids is 1. The summed E-state index contributed by atoms with van der Waals surface area (Å²) in [7, 11) is 3.23. The third-order valence-corrected chi connectivity index (χ3v) is 8.26. The fraction of sp³-hybridized carbons (Fsp3) is 0.216. The van der Waals surface area contributed by atoms with Gasteiger partial charge in [0.1, 0.15) is 35.2 Å². The van der Waals surface area contributed by atoms with Gasteiger partial charge in [0.2, 0.25) is 0 Å². The second-order valence-electron chi connectivity index (χ2n) is 11.1. The summed E-state index contributed by atoms with van der Waals surface area (Å²) >= 11 is 0. The monoisotopic (exact) mass is 633 g/mol. The molecule has 1 aliphatic rings. The topological polar surface area (TPSA) is 121 Å². The van der Waals surface area contributed by atoms with Crippen molar-refractivity contribution in [1.82, 2.24) is 9.55 Å². The van der Waals surface area contributed by atoms with E-state index in [1.54, 1.807) is 38.5 Å². The second kappa shape index (κ2) is 14.0. The fourth-order valence-electron chi connectivity index (χ4n) is 5.80. The van der Waals surface area contributed by atoms with Crippen LogP contribution < -0.4 is 20.5 Å². The van der Waals surface area contributed by atoms with E-state index in [2.05, 4.69) is 10.3 Å². The molecule has 0 aliphatic carbocycles. The van der Waals surface area contributed by atoms with E-state index in [9.17, 15) is 14.7 Å². The number of anilines is 1. The Hall–Kier alpha value is -5.29. The van der Waals surface area contributed by atoms with Crippen LogP contribution in [0.3, 0.4) is 0 Å². The molecule has 2 N–H and O–H groups in total. The van der Waals surface area contributed by atoms with E-state index in [0.29, 0.717) is 17.1 Å². The molecule has 240 valence electrons. The maximum Gasteiger partial charge on any atom is 0.351 e. The Labute approximate surface area is 272 Å². The number of carbonyl (C=O) groups is 1. The van der Waals surface area contributed by atoms with Gasteiger partial charge in [0.25, 0.3) is 5.91 Å². The molecule has 0 unspecified atom stereocenters. The van der Waals surface area contributed by atoms with Gasteiger partial charge in [0, 0.05) is 18.2 Å². The molecule has 2 heterocycles. The predicted octanol–water partition coefficient (Wildman–Crippen LogP) is 5.17. The van der Waals surface area contributed by atoms with Crippen LogP contribution in [0.5, 0.6) is 11.5 Å². The largest absolute Gasteiger partial charge is 0.497 e. The van der Waals surface area contributed by atoms with Crippen molar-refractivity contribution in [2.45, 2.75) is 30.5 Å². The highest BCUT2D eigenvalue weighted by molar-refractivity contribution is 6.03. The number of aromatic nitrogens is 2. The zero-order valence-electron chi connectivity index (χ0n) is 26.0. The summed E-state index contributed by atoms with van der Waals surface area (Å²) in [6.07, 6.45) is -0.826. The smallest absolute Gasteiger partial charge is 0.351 e. The van der Waals surface area contributed by atoms with Gasteiger partial charge >= 0.3 is 5.69 Å². The van der Waals surface area contributed by atoms with Crippen molar-refractivity contribution < 1.29 is 28.8 Å². The molecular weight excluding hydrogens is 598 g/mol. The Morgan fingerprint density at radius 3 is 1.96 bits per heavy atom. The van der Waals surface area contributed by atoms with Gasteiger partial charge in [-0.2, -0.15) is 4.98 Å². The number of benzene rings is 4. The van der Waals surface area contributed by atoms with Crippen molar-refractivity contribution in [2.24, 2.45) is 0 Å². The van der Waals surface area contributed by atoms with Crippen molar-refractivity contribution in [1.29, 1.82) is 0 Å². The lowest BCUT2D eigenvalue weighted by molar-refractivity contribution is -0.0944. The number of amides is 1. The number of aliphatic hydroxyl groups excluding tert-OH is 1. The van der Waals surface area contributed by atoms with Crippen LogP contribution in [0.4, 0.5) is 5.82 Å².